The fourth-order valence-corrected chi connectivity index (χ4v) is 2.62. The van der Waals surface area contributed by atoms with Gasteiger partial charge >= 0.3 is 0 Å². The summed E-state index contributed by atoms with van der Waals surface area (Å²) in [6.45, 7) is 3.74. The third-order valence-electron chi connectivity index (χ3n) is 3.50. The van der Waals surface area contributed by atoms with Gasteiger partial charge in [0.2, 0.25) is 5.91 Å². The molecule has 1 heterocycles. The van der Waals surface area contributed by atoms with E-state index in [2.05, 4.69) is 10.6 Å². The zero-order valence-corrected chi connectivity index (χ0v) is 13.5. The lowest BCUT2D eigenvalue weighted by atomic mass is 10.1. The molecule has 2 unspecified atom stereocenters. The van der Waals surface area contributed by atoms with E-state index in [0.29, 0.717) is 16.6 Å². The Hall–Kier alpha value is -0.810. The number of hydrogen-bond donors (Lipinski definition) is 2. The maximum absolute atomic E-state index is 11.9. The number of rotatable bonds is 6. The van der Waals surface area contributed by atoms with Crippen LogP contribution in [0.15, 0.2) is 18.2 Å². The van der Waals surface area contributed by atoms with E-state index >= 15 is 0 Å². The van der Waals surface area contributed by atoms with E-state index in [0.717, 1.165) is 25.0 Å². The van der Waals surface area contributed by atoms with Gasteiger partial charge in [0.25, 0.3) is 0 Å². The molecular formula is C15H20Cl2N2O2. The van der Waals surface area contributed by atoms with Gasteiger partial charge in [-0.25, -0.2) is 0 Å². The van der Waals surface area contributed by atoms with Gasteiger partial charge in [0.05, 0.1) is 28.7 Å². The van der Waals surface area contributed by atoms with Gasteiger partial charge in [-0.2, -0.15) is 0 Å². The molecule has 4 nitrogen and oxygen atoms in total. The minimum absolute atomic E-state index is 0.0495. The number of carbonyl (C=O) groups is 1. The highest BCUT2D eigenvalue weighted by atomic mass is 35.5. The van der Waals surface area contributed by atoms with Gasteiger partial charge in [-0.05, 0) is 37.5 Å². The molecule has 2 rings (SSSR count). The fourth-order valence-electron chi connectivity index (χ4n) is 2.31. The first kappa shape index (κ1) is 16.6. The van der Waals surface area contributed by atoms with Crippen LogP contribution in [-0.2, 0) is 9.53 Å². The third kappa shape index (κ3) is 5.15. The number of halogens is 2. The van der Waals surface area contributed by atoms with Crippen molar-refractivity contribution in [2.75, 3.05) is 19.7 Å². The average molecular weight is 331 g/mol. The van der Waals surface area contributed by atoms with Gasteiger partial charge in [-0.15, -0.1) is 0 Å². The van der Waals surface area contributed by atoms with E-state index in [1.54, 1.807) is 12.1 Å². The van der Waals surface area contributed by atoms with Crippen LogP contribution in [0.3, 0.4) is 0 Å². The van der Waals surface area contributed by atoms with Gasteiger partial charge in [0, 0.05) is 13.2 Å². The van der Waals surface area contributed by atoms with Crippen molar-refractivity contribution < 1.29 is 9.53 Å². The maximum Gasteiger partial charge on any atom is 0.234 e. The Balaban J connectivity index is 1.74. The molecule has 1 saturated heterocycles. The first-order valence-corrected chi connectivity index (χ1v) is 7.88. The van der Waals surface area contributed by atoms with E-state index < -0.39 is 0 Å². The van der Waals surface area contributed by atoms with Crippen molar-refractivity contribution in [3.63, 3.8) is 0 Å². The van der Waals surface area contributed by atoms with Crippen LogP contribution in [0.1, 0.15) is 31.4 Å². The SMILES string of the molecule is CC(NC(=O)CNCC1CCCO1)c1ccc(Cl)c(Cl)c1. The molecule has 21 heavy (non-hydrogen) atoms. The summed E-state index contributed by atoms with van der Waals surface area (Å²) < 4.78 is 5.49. The number of nitrogens with one attached hydrogen (secondary N) is 2. The van der Waals surface area contributed by atoms with Crippen LogP contribution in [0.5, 0.6) is 0 Å². The minimum Gasteiger partial charge on any atom is -0.377 e. The summed E-state index contributed by atoms with van der Waals surface area (Å²) in [4.78, 5) is 11.9. The lowest BCUT2D eigenvalue weighted by molar-refractivity contribution is -0.120. The van der Waals surface area contributed by atoms with Crippen LogP contribution >= 0.6 is 23.2 Å². The summed E-state index contributed by atoms with van der Waals surface area (Å²) in [6.07, 6.45) is 2.41. The van der Waals surface area contributed by atoms with Crippen molar-refractivity contribution >= 4 is 29.1 Å². The van der Waals surface area contributed by atoms with Crippen molar-refractivity contribution in [1.82, 2.24) is 10.6 Å². The molecule has 116 valence electrons. The number of ether oxygens (including phenoxy) is 1. The van der Waals surface area contributed by atoms with Crippen molar-refractivity contribution in [3.8, 4) is 0 Å². The molecule has 0 saturated carbocycles. The first-order chi connectivity index (χ1) is 10.1. The first-order valence-electron chi connectivity index (χ1n) is 7.13. The Labute approximate surface area is 135 Å². The zero-order chi connectivity index (χ0) is 15.2. The molecule has 2 N–H and O–H groups in total. The lowest BCUT2D eigenvalue weighted by Crippen LogP contribution is -2.38. The van der Waals surface area contributed by atoms with Gasteiger partial charge in [0.1, 0.15) is 0 Å². The molecular weight excluding hydrogens is 311 g/mol. The van der Waals surface area contributed by atoms with Crippen molar-refractivity contribution in [1.29, 1.82) is 0 Å². The summed E-state index contributed by atoms with van der Waals surface area (Å²) >= 11 is 11.9. The van der Waals surface area contributed by atoms with Crippen LogP contribution in [0.4, 0.5) is 0 Å². The van der Waals surface area contributed by atoms with Crippen LogP contribution < -0.4 is 10.6 Å². The molecule has 1 aliphatic rings. The van der Waals surface area contributed by atoms with E-state index in [-0.39, 0.29) is 24.6 Å². The smallest absolute Gasteiger partial charge is 0.234 e. The highest BCUT2D eigenvalue weighted by Crippen LogP contribution is 2.25. The standard InChI is InChI=1S/C15H20Cl2N2O2/c1-10(11-4-5-13(16)14(17)7-11)19-15(20)9-18-8-12-3-2-6-21-12/h4-5,7,10,12,18H,2-3,6,8-9H2,1H3,(H,19,20). The molecule has 1 fully saturated rings. The highest BCUT2D eigenvalue weighted by Gasteiger charge is 2.16. The summed E-state index contributed by atoms with van der Waals surface area (Å²) in [5.74, 6) is -0.0495. The van der Waals surface area contributed by atoms with Crippen molar-refractivity contribution in [3.05, 3.63) is 33.8 Å². The second-order valence-corrected chi connectivity index (χ2v) is 6.04. The van der Waals surface area contributed by atoms with Gasteiger partial charge < -0.3 is 15.4 Å². The molecule has 2 atom stereocenters. The van der Waals surface area contributed by atoms with E-state index in [1.807, 2.05) is 13.0 Å². The van der Waals surface area contributed by atoms with Crippen LogP contribution in [-0.4, -0.2) is 31.7 Å². The molecule has 0 radical (unpaired) electrons. The topological polar surface area (TPSA) is 50.4 Å². The van der Waals surface area contributed by atoms with Crippen molar-refractivity contribution in [2.45, 2.75) is 31.9 Å². The summed E-state index contributed by atoms with van der Waals surface area (Å²) in [5, 5.41) is 7.05. The van der Waals surface area contributed by atoms with Gasteiger partial charge in [-0.3, -0.25) is 4.79 Å². The van der Waals surface area contributed by atoms with E-state index in [9.17, 15) is 4.79 Å². The molecule has 0 bridgehead atoms. The molecule has 1 aromatic carbocycles. The molecule has 1 amide bonds. The molecule has 1 aromatic rings. The fraction of sp³-hybridized carbons (Fsp3) is 0.533. The zero-order valence-electron chi connectivity index (χ0n) is 12.0. The summed E-state index contributed by atoms with van der Waals surface area (Å²) in [5.41, 5.74) is 0.928. The maximum atomic E-state index is 11.9. The lowest BCUT2D eigenvalue weighted by Gasteiger charge is -2.16. The van der Waals surface area contributed by atoms with E-state index in [1.165, 1.54) is 0 Å². The normalized spacial score (nSPS) is 19.5. The Morgan fingerprint density at radius 2 is 2.24 bits per heavy atom. The largest absolute Gasteiger partial charge is 0.377 e. The van der Waals surface area contributed by atoms with Crippen molar-refractivity contribution in [2.24, 2.45) is 0 Å². The third-order valence-corrected chi connectivity index (χ3v) is 4.24. The number of hydrogen-bond acceptors (Lipinski definition) is 3. The predicted molar refractivity (Wildman–Crippen MR) is 84.9 cm³/mol. The van der Waals surface area contributed by atoms with Crippen LogP contribution in [0, 0.1) is 0 Å². The van der Waals surface area contributed by atoms with E-state index in [4.69, 9.17) is 27.9 Å². The summed E-state index contributed by atoms with van der Waals surface area (Å²) in [7, 11) is 0. The molecule has 0 aliphatic carbocycles. The number of benzene rings is 1. The molecule has 1 aliphatic heterocycles. The minimum atomic E-state index is -0.114. The Morgan fingerprint density at radius 1 is 1.43 bits per heavy atom. The molecule has 0 aromatic heterocycles. The Kier molecular flexibility index (Phi) is 6.30. The molecule has 0 spiro atoms. The Bertz CT molecular complexity index is 491. The summed E-state index contributed by atoms with van der Waals surface area (Å²) in [6, 6.07) is 5.25. The molecule has 6 heteroatoms. The van der Waals surface area contributed by atoms with Crippen LogP contribution in [0.25, 0.3) is 0 Å². The second kappa shape index (κ2) is 7.99. The Morgan fingerprint density at radius 3 is 2.90 bits per heavy atom. The average Bonchev–Trinajstić information content (AvgIpc) is 2.95. The number of carbonyl (C=O) groups excluding carboxylic acids is 1. The second-order valence-electron chi connectivity index (χ2n) is 5.23. The monoisotopic (exact) mass is 330 g/mol. The van der Waals surface area contributed by atoms with Gasteiger partial charge in [-0.1, -0.05) is 29.3 Å². The quantitative estimate of drug-likeness (QED) is 0.843. The van der Waals surface area contributed by atoms with Crippen LogP contribution in [0.2, 0.25) is 10.0 Å². The highest BCUT2D eigenvalue weighted by molar-refractivity contribution is 6.42. The van der Waals surface area contributed by atoms with Gasteiger partial charge in [0.15, 0.2) is 0 Å². The number of amides is 1. The predicted octanol–water partition coefficient (Wildman–Crippen LogP) is 2.94.